The number of pyridine rings is 1. The minimum absolute atomic E-state index is 0.0448. The summed E-state index contributed by atoms with van der Waals surface area (Å²) in [6.07, 6.45) is 3.71. The summed E-state index contributed by atoms with van der Waals surface area (Å²) < 4.78 is 5.16. The van der Waals surface area contributed by atoms with Crippen molar-refractivity contribution >= 4 is 29.1 Å². The number of nitro benzene ring substituents is 1. The van der Waals surface area contributed by atoms with Gasteiger partial charge in [-0.1, -0.05) is 0 Å². The Morgan fingerprint density at radius 2 is 1.81 bits per heavy atom. The molecule has 162 valence electrons. The lowest BCUT2D eigenvalue weighted by Gasteiger charge is -2.36. The smallest absolute Gasteiger partial charge is 0.340 e. The summed E-state index contributed by atoms with van der Waals surface area (Å²) in [4.78, 5) is 42.8. The molecule has 10 nitrogen and oxygen atoms in total. The van der Waals surface area contributed by atoms with Crippen LogP contribution in [0.5, 0.6) is 0 Å². The molecule has 1 aromatic carbocycles. The average Bonchev–Trinajstić information content (AvgIpc) is 3.62. The number of piperazine rings is 1. The van der Waals surface area contributed by atoms with E-state index in [2.05, 4.69) is 15.2 Å². The van der Waals surface area contributed by atoms with E-state index in [-0.39, 0.29) is 18.2 Å². The van der Waals surface area contributed by atoms with Crippen LogP contribution in [0.25, 0.3) is 0 Å². The van der Waals surface area contributed by atoms with E-state index in [9.17, 15) is 19.7 Å². The van der Waals surface area contributed by atoms with Crippen LogP contribution in [0.4, 0.5) is 17.2 Å². The van der Waals surface area contributed by atoms with E-state index >= 15 is 0 Å². The quantitative estimate of drug-likeness (QED) is 0.407. The molecule has 2 aromatic rings. The highest BCUT2D eigenvalue weighted by Crippen LogP contribution is 2.23. The van der Waals surface area contributed by atoms with Crippen LogP contribution in [0, 0.1) is 10.1 Å². The second kappa shape index (κ2) is 8.99. The first-order chi connectivity index (χ1) is 15.0. The molecule has 10 heteroatoms. The van der Waals surface area contributed by atoms with Crippen molar-refractivity contribution in [3.8, 4) is 0 Å². The van der Waals surface area contributed by atoms with E-state index < -0.39 is 10.9 Å². The molecule has 0 radical (unpaired) electrons. The fourth-order valence-corrected chi connectivity index (χ4v) is 3.34. The second-order valence-corrected chi connectivity index (χ2v) is 7.57. The molecule has 2 heterocycles. The van der Waals surface area contributed by atoms with E-state index in [0.717, 1.165) is 24.3 Å². The van der Waals surface area contributed by atoms with Crippen molar-refractivity contribution in [2.75, 3.05) is 43.0 Å². The molecule has 0 bridgehead atoms. The molecule has 1 aliphatic carbocycles. The van der Waals surface area contributed by atoms with Crippen LogP contribution in [-0.4, -0.2) is 65.5 Å². The normalized spacial score (nSPS) is 16.0. The topological polar surface area (TPSA) is 118 Å². The lowest BCUT2D eigenvalue weighted by atomic mass is 10.2. The third kappa shape index (κ3) is 5.27. The van der Waals surface area contributed by atoms with Crippen LogP contribution in [0.3, 0.4) is 0 Å². The summed E-state index contributed by atoms with van der Waals surface area (Å²) >= 11 is 0. The molecular formula is C21H23N5O5. The first kappa shape index (κ1) is 20.6. The van der Waals surface area contributed by atoms with Gasteiger partial charge in [0, 0.05) is 56.2 Å². The van der Waals surface area contributed by atoms with Crippen LogP contribution in [0.1, 0.15) is 23.2 Å². The fraction of sp³-hybridized carbons (Fsp3) is 0.381. The molecule has 4 rings (SSSR count). The molecule has 1 N–H and O–H groups in total. The summed E-state index contributed by atoms with van der Waals surface area (Å²) in [5.41, 5.74) is 1.22. The van der Waals surface area contributed by atoms with Gasteiger partial charge in [0.05, 0.1) is 10.5 Å². The van der Waals surface area contributed by atoms with Crippen molar-refractivity contribution in [1.29, 1.82) is 0 Å². The van der Waals surface area contributed by atoms with Gasteiger partial charge in [0.2, 0.25) is 0 Å². The van der Waals surface area contributed by atoms with E-state index in [1.807, 2.05) is 0 Å². The fourth-order valence-electron chi connectivity index (χ4n) is 3.34. The molecule has 0 spiro atoms. The Bertz CT molecular complexity index is 951. The number of rotatable bonds is 7. The largest absolute Gasteiger partial charge is 0.452 e. The average molecular weight is 425 g/mol. The Balaban J connectivity index is 1.22. The summed E-state index contributed by atoms with van der Waals surface area (Å²) in [6, 6.07) is 10.2. The summed E-state index contributed by atoms with van der Waals surface area (Å²) in [6.45, 7) is 1.83. The van der Waals surface area contributed by atoms with Crippen molar-refractivity contribution in [2.45, 2.75) is 18.9 Å². The van der Waals surface area contributed by atoms with Crippen molar-refractivity contribution in [2.24, 2.45) is 0 Å². The number of carbonyl (C=O) groups excluding carboxylic acids is 2. The molecule has 1 aromatic heterocycles. The molecule has 2 fully saturated rings. The molecule has 1 saturated carbocycles. The van der Waals surface area contributed by atoms with Crippen LogP contribution in [0.15, 0.2) is 42.6 Å². The van der Waals surface area contributed by atoms with Gasteiger partial charge in [-0.3, -0.25) is 14.9 Å². The van der Waals surface area contributed by atoms with E-state index in [4.69, 9.17) is 4.74 Å². The summed E-state index contributed by atoms with van der Waals surface area (Å²) in [5, 5.41) is 14.0. The van der Waals surface area contributed by atoms with Gasteiger partial charge < -0.3 is 19.9 Å². The summed E-state index contributed by atoms with van der Waals surface area (Å²) in [5.74, 6) is -0.110. The Morgan fingerprint density at radius 3 is 2.39 bits per heavy atom. The predicted molar refractivity (Wildman–Crippen MR) is 113 cm³/mol. The highest BCUT2D eigenvalue weighted by molar-refractivity contribution is 5.91. The SMILES string of the molecule is O=C(OCC(=O)N1CCN(c2ccc([N+](=O)[O-])cc2)CC1)c1ccc(NC2CC2)nc1. The van der Waals surface area contributed by atoms with Gasteiger partial charge in [-0.15, -0.1) is 0 Å². The molecule has 0 unspecified atom stereocenters. The Kier molecular flexibility index (Phi) is 5.96. The number of anilines is 2. The number of non-ortho nitro benzene ring substituents is 1. The number of hydrogen-bond acceptors (Lipinski definition) is 8. The number of aromatic nitrogens is 1. The zero-order valence-electron chi connectivity index (χ0n) is 16.9. The number of hydrogen-bond donors (Lipinski definition) is 1. The number of nitrogens with one attached hydrogen (secondary N) is 1. The van der Waals surface area contributed by atoms with Crippen molar-refractivity contribution in [1.82, 2.24) is 9.88 Å². The molecule has 1 aliphatic heterocycles. The molecule has 1 amide bonds. The van der Waals surface area contributed by atoms with Crippen molar-refractivity contribution in [3.63, 3.8) is 0 Å². The number of carbonyl (C=O) groups is 2. The minimum Gasteiger partial charge on any atom is -0.452 e. The maximum atomic E-state index is 12.4. The van der Waals surface area contributed by atoms with Crippen molar-refractivity contribution in [3.05, 3.63) is 58.3 Å². The van der Waals surface area contributed by atoms with Gasteiger partial charge in [-0.05, 0) is 37.1 Å². The molecule has 2 aliphatic rings. The molecule has 0 atom stereocenters. The van der Waals surface area contributed by atoms with Gasteiger partial charge in [-0.2, -0.15) is 0 Å². The van der Waals surface area contributed by atoms with Crippen LogP contribution < -0.4 is 10.2 Å². The first-order valence-electron chi connectivity index (χ1n) is 10.2. The van der Waals surface area contributed by atoms with Crippen LogP contribution in [0.2, 0.25) is 0 Å². The van der Waals surface area contributed by atoms with Gasteiger partial charge in [0.1, 0.15) is 5.82 Å². The number of benzene rings is 1. The monoisotopic (exact) mass is 425 g/mol. The highest BCUT2D eigenvalue weighted by Gasteiger charge is 2.23. The van der Waals surface area contributed by atoms with Crippen molar-refractivity contribution < 1.29 is 19.2 Å². The van der Waals surface area contributed by atoms with Gasteiger partial charge in [-0.25, -0.2) is 9.78 Å². The molecule has 31 heavy (non-hydrogen) atoms. The Labute approximate surface area is 179 Å². The maximum Gasteiger partial charge on any atom is 0.340 e. The second-order valence-electron chi connectivity index (χ2n) is 7.57. The maximum absolute atomic E-state index is 12.4. The van der Waals surface area contributed by atoms with Gasteiger partial charge in [0.25, 0.3) is 11.6 Å². The predicted octanol–water partition coefficient (Wildman–Crippen LogP) is 2.07. The van der Waals surface area contributed by atoms with Crippen LogP contribution in [-0.2, 0) is 9.53 Å². The van der Waals surface area contributed by atoms with E-state index in [1.54, 1.807) is 29.2 Å². The number of amides is 1. The third-order valence-corrected chi connectivity index (χ3v) is 5.31. The molecular weight excluding hydrogens is 402 g/mol. The Hall–Kier alpha value is -3.69. The summed E-state index contributed by atoms with van der Waals surface area (Å²) in [7, 11) is 0. The lowest BCUT2D eigenvalue weighted by Crippen LogP contribution is -2.49. The number of nitrogens with zero attached hydrogens (tertiary/aromatic N) is 4. The zero-order valence-corrected chi connectivity index (χ0v) is 16.9. The first-order valence-corrected chi connectivity index (χ1v) is 10.2. The highest BCUT2D eigenvalue weighted by atomic mass is 16.6. The standard InChI is InChI=1S/C21H23N5O5/c27-20(14-31-21(28)15-1-8-19(22-13-15)23-16-2-3-16)25-11-9-24(10-12-25)17-4-6-18(7-5-17)26(29)30/h1,4-8,13,16H,2-3,9-12,14H2,(H,22,23). The van der Waals surface area contributed by atoms with E-state index in [0.29, 0.717) is 37.8 Å². The van der Waals surface area contributed by atoms with E-state index in [1.165, 1.54) is 18.3 Å². The third-order valence-electron chi connectivity index (χ3n) is 5.31. The number of esters is 1. The van der Waals surface area contributed by atoms with Crippen LogP contribution >= 0.6 is 0 Å². The Morgan fingerprint density at radius 1 is 1.10 bits per heavy atom. The molecule has 1 saturated heterocycles. The zero-order chi connectivity index (χ0) is 21.8. The van der Waals surface area contributed by atoms with Gasteiger partial charge >= 0.3 is 5.97 Å². The minimum atomic E-state index is -0.580. The number of ether oxygens (including phenoxy) is 1. The van der Waals surface area contributed by atoms with Gasteiger partial charge in [0.15, 0.2) is 6.61 Å². The number of nitro groups is 1. The lowest BCUT2D eigenvalue weighted by molar-refractivity contribution is -0.384.